The van der Waals surface area contributed by atoms with Gasteiger partial charge in [-0.05, 0) is 43.2 Å². The number of benzene rings is 1. The topological polar surface area (TPSA) is 62.6 Å². The van der Waals surface area contributed by atoms with Crippen LogP contribution in [0, 0.1) is 0 Å². The second-order valence-corrected chi connectivity index (χ2v) is 6.21. The van der Waals surface area contributed by atoms with Crippen LogP contribution in [0.25, 0.3) is 0 Å². The van der Waals surface area contributed by atoms with Crippen molar-refractivity contribution in [3.05, 3.63) is 58.5 Å². The third kappa shape index (κ3) is 4.86. The van der Waals surface area contributed by atoms with Crippen LogP contribution < -0.4 is 5.32 Å². The summed E-state index contributed by atoms with van der Waals surface area (Å²) in [5.74, 6) is 0.478. The molecule has 1 N–H and O–H groups in total. The van der Waals surface area contributed by atoms with Gasteiger partial charge in [-0.3, -0.25) is 9.59 Å². The Labute approximate surface area is 146 Å². The summed E-state index contributed by atoms with van der Waals surface area (Å²) in [5.41, 5.74) is 1.11. The Kier molecular flexibility index (Phi) is 6.04. The first-order valence-electron chi connectivity index (χ1n) is 7.71. The molecule has 1 unspecified atom stereocenters. The van der Waals surface area contributed by atoms with Gasteiger partial charge in [0.05, 0.1) is 6.54 Å². The van der Waals surface area contributed by atoms with Crippen LogP contribution in [0.5, 0.6) is 0 Å². The minimum Gasteiger partial charge on any atom is -0.454 e. The number of nitrogens with one attached hydrogen (secondary N) is 1. The van der Waals surface area contributed by atoms with Crippen molar-refractivity contribution in [3.8, 4) is 0 Å². The highest BCUT2D eigenvalue weighted by Crippen LogP contribution is 2.16. The molecular formula is C18H21ClN2O3. The molecule has 128 valence electrons. The zero-order valence-corrected chi connectivity index (χ0v) is 14.8. The highest BCUT2D eigenvalue weighted by atomic mass is 35.5. The Bertz CT molecular complexity index is 709. The highest BCUT2D eigenvalue weighted by molar-refractivity contribution is 6.30. The van der Waals surface area contributed by atoms with Crippen LogP contribution in [-0.4, -0.2) is 29.8 Å². The molecule has 0 saturated carbocycles. The number of likely N-dealkylation sites (N-methyl/N-ethyl adjacent to an activating group) is 1. The van der Waals surface area contributed by atoms with E-state index < -0.39 is 0 Å². The number of carbonyl (C=O) groups excluding carboxylic acids is 2. The molecule has 1 aromatic heterocycles. The molecule has 2 aromatic rings. The number of carbonyl (C=O) groups is 2. The van der Waals surface area contributed by atoms with Gasteiger partial charge < -0.3 is 14.6 Å². The van der Waals surface area contributed by atoms with Gasteiger partial charge in [-0.15, -0.1) is 0 Å². The Morgan fingerprint density at radius 3 is 2.50 bits per heavy atom. The number of furan rings is 1. The molecule has 0 radical (unpaired) electrons. The van der Waals surface area contributed by atoms with Crippen molar-refractivity contribution in [2.45, 2.75) is 32.9 Å². The molecule has 0 saturated heterocycles. The summed E-state index contributed by atoms with van der Waals surface area (Å²) in [4.78, 5) is 25.1. The van der Waals surface area contributed by atoms with Crippen LogP contribution >= 0.6 is 11.6 Å². The number of amides is 2. The lowest BCUT2D eigenvalue weighted by atomic mass is 10.1. The molecule has 5 nitrogen and oxygen atoms in total. The lowest BCUT2D eigenvalue weighted by molar-refractivity contribution is -0.119. The molecule has 1 aromatic carbocycles. The summed E-state index contributed by atoms with van der Waals surface area (Å²) in [5, 5.41) is 3.33. The van der Waals surface area contributed by atoms with Gasteiger partial charge in [-0.25, -0.2) is 0 Å². The first-order valence-corrected chi connectivity index (χ1v) is 8.09. The lowest BCUT2D eigenvalue weighted by Gasteiger charge is -2.24. The Morgan fingerprint density at radius 2 is 1.88 bits per heavy atom. The summed E-state index contributed by atoms with van der Waals surface area (Å²) < 4.78 is 5.51. The predicted molar refractivity (Wildman–Crippen MR) is 92.9 cm³/mol. The maximum atomic E-state index is 12.5. The van der Waals surface area contributed by atoms with Gasteiger partial charge in [-0.2, -0.15) is 0 Å². The van der Waals surface area contributed by atoms with Crippen molar-refractivity contribution >= 4 is 23.4 Å². The molecule has 0 aliphatic heterocycles. The van der Waals surface area contributed by atoms with Crippen molar-refractivity contribution < 1.29 is 14.0 Å². The average Bonchev–Trinajstić information content (AvgIpc) is 3.02. The van der Waals surface area contributed by atoms with Crippen LogP contribution in [0.15, 0.2) is 40.8 Å². The maximum absolute atomic E-state index is 12.5. The predicted octanol–water partition coefficient (Wildman–Crippen LogP) is 3.27. The number of hydrogen-bond donors (Lipinski definition) is 1. The van der Waals surface area contributed by atoms with Crippen LogP contribution in [0.3, 0.4) is 0 Å². The van der Waals surface area contributed by atoms with Crippen molar-refractivity contribution in [1.82, 2.24) is 10.2 Å². The third-order valence-corrected chi connectivity index (χ3v) is 4.06. The molecular weight excluding hydrogens is 328 g/mol. The zero-order valence-electron chi connectivity index (χ0n) is 14.0. The van der Waals surface area contributed by atoms with E-state index >= 15 is 0 Å². The molecule has 0 spiro atoms. The third-order valence-electron chi connectivity index (χ3n) is 3.81. The first-order chi connectivity index (χ1) is 11.4. The zero-order chi connectivity index (χ0) is 17.7. The highest BCUT2D eigenvalue weighted by Gasteiger charge is 2.21. The monoisotopic (exact) mass is 348 g/mol. The molecule has 0 bridgehead atoms. The SMILES string of the molecule is CC(=O)NCc1ccc(C(=O)N(C)C(C)Cc2ccc(Cl)cc2)o1. The summed E-state index contributed by atoms with van der Waals surface area (Å²) in [7, 11) is 1.75. The molecule has 0 fully saturated rings. The van der Waals surface area contributed by atoms with E-state index in [9.17, 15) is 9.59 Å². The molecule has 0 aliphatic carbocycles. The standard InChI is InChI=1S/C18H21ClN2O3/c1-12(10-14-4-6-15(19)7-5-14)21(3)18(23)17-9-8-16(24-17)11-20-13(2)22/h4-9,12H,10-11H2,1-3H3,(H,20,22). The van der Waals surface area contributed by atoms with E-state index in [0.29, 0.717) is 10.8 Å². The van der Waals surface area contributed by atoms with E-state index in [1.54, 1.807) is 24.1 Å². The molecule has 0 aliphatic rings. The lowest BCUT2D eigenvalue weighted by Crippen LogP contribution is -2.36. The van der Waals surface area contributed by atoms with E-state index in [0.717, 1.165) is 12.0 Å². The fraction of sp³-hybridized carbons (Fsp3) is 0.333. The minimum absolute atomic E-state index is 0.00238. The van der Waals surface area contributed by atoms with Gasteiger partial charge in [0, 0.05) is 25.0 Å². The largest absolute Gasteiger partial charge is 0.454 e. The molecule has 6 heteroatoms. The van der Waals surface area contributed by atoms with Gasteiger partial charge in [-0.1, -0.05) is 23.7 Å². The second kappa shape index (κ2) is 8.02. The van der Waals surface area contributed by atoms with Gasteiger partial charge in [0.15, 0.2) is 5.76 Å². The van der Waals surface area contributed by atoms with E-state index in [1.165, 1.54) is 6.92 Å². The smallest absolute Gasteiger partial charge is 0.289 e. The number of nitrogens with zero attached hydrogens (tertiary/aromatic N) is 1. The van der Waals surface area contributed by atoms with Gasteiger partial charge in [0.1, 0.15) is 5.76 Å². The number of rotatable bonds is 6. The average molecular weight is 349 g/mol. The Balaban J connectivity index is 1.97. The van der Waals surface area contributed by atoms with E-state index in [2.05, 4.69) is 5.32 Å². The van der Waals surface area contributed by atoms with E-state index in [-0.39, 0.29) is 30.2 Å². The summed E-state index contributed by atoms with van der Waals surface area (Å²) in [6, 6.07) is 10.9. The quantitative estimate of drug-likeness (QED) is 0.871. The Morgan fingerprint density at radius 1 is 1.21 bits per heavy atom. The normalized spacial score (nSPS) is 11.8. The first kappa shape index (κ1) is 18.1. The Hall–Kier alpha value is -2.27. The van der Waals surface area contributed by atoms with Crippen molar-refractivity contribution in [2.24, 2.45) is 0 Å². The molecule has 1 heterocycles. The summed E-state index contributed by atoms with van der Waals surface area (Å²) >= 11 is 5.89. The van der Waals surface area contributed by atoms with Crippen LogP contribution in [0.4, 0.5) is 0 Å². The fourth-order valence-electron chi connectivity index (χ4n) is 2.27. The molecule has 2 amide bonds. The van der Waals surface area contributed by atoms with E-state index in [4.69, 9.17) is 16.0 Å². The fourth-order valence-corrected chi connectivity index (χ4v) is 2.40. The maximum Gasteiger partial charge on any atom is 0.289 e. The summed E-state index contributed by atoms with van der Waals surface area (Å²) in [6.07, 6.45) is 0.721. The number of hydrogen-bond acceptors (Lipinski definition) is 3. The molecule has 24 heavy (non-hydrogen) atoms. The van der Waals surface area contributed by atoms with E-state index in [1.807, 2.05) is 31.2 Å². The number of halogens is 1. The van der Waals surface area contributed by atoms with Gasteiger partial charge in [0.2, 0.25) is 5.91 Å². The van der Waals surface area contributed by atoms with Gasteiger partial charge >= 0.3 is 0 Å². The van der Waals surface area contributed by atoms with Crippen molar-refractivity contribution in [1.29, 1.82) is 0 Å². The second-order valence-electron chi connectivity index (χ2n) is 5.77. The van der Waals surface area contributed by atoms with Crippen LogP contribution in [0.1, 0.15) is 35.7 Å². The van der Waals surface area contributed by atoms with Crippen molar-refractivity contribution in [2.75, 3.05) is 7.05 Å². The minimum atomic E-state index is -0.189. The van der Waals surface area contributed by atoms with Crippen LogP contribution in [0.2, 0.25) is 5.02 Å². The molecule has 2 rings (SSSR count). The van der Waals surface area contributed by atoms with Gasteiger partial charge in [0.25, 0.3) is 5.91 Å². The van der Waals surface area contributed by atoms with Crippen molar-refractivity contribution in [3.63, 3.8) is 0 Å². The van der Waals surface area contributed by atoms with Crippen LogP contribution in [-0.2, 0) is 17.8 Å². The summed E-state index contributed by atoms with van der Waals surface area (Å²) in [6.45, 7) is 3.68. The molecule has 1 atom stereocenters.